The molecule has 4 aromatic rings. The van der Waals surface area contributed by atoms with Gasteiger partial charge in [-0.1, -0.05) is 0 Å². The first-order valence-electron chi connectivity index (χ1n) is 11.1. The minimum Gasteiger partial charge on any atom is -0.481 e. The van der Waals surface area contributed by atoms with Crippen LogP contribution < -0.4 is 22.5 Å². The van der Waals surface area contributed by atoms with Crippen molar-refractivity contribution in [3.05, 3.63) is 54.3 Å². The van der Waals surface area contributed by atoms with Gasteiger partial charge < -0.3 is 14.2 Å². The standard InChI is InChI=1S/C21H26N8O6/c1-24-11-22-16-14(24)18(32)28(20(34)25(16)2)9-6-10-29-19(33)15-17(26(3)21(29)35)23-12-27(15)8-5-4-7-13(30)31/h11-12H,4-10H2,1-3H3,(H,30,31). The van der Waals surface area contributed by atoms with Crippen molar-refractivity contribution in [2.75, 3.05) is 0 Å². The van der Waals surface area contributed by atoms with Gasteiger partial charge in [-0.25, -0.2) is 19.6 Å². The van der Waals surface area contributed by atoms with Gasteiger partial charge in [0, 0.05) is 47.2 Å². The van der Waals surface area contributed by atoms with E-state index in [4.69, 9.17) is 5.11 Å². The number of aromatic nitrogens is 8. The lowest BCUT2D eigenvalue weighted by Gasteiger charge is -2.11. The van der Waals surface area contributed by atoms with E-state index >= 15 is 0 Å². The molecule has 35 heavy (non-hydrogen) atoms. The molecule has 0 aliphatic heterocycles. The van der Waals surface area contributed by atoms with Gasteiger partial charge in [0.05, 0.1) is 12.7 Å². The van der Waals surface area contributed by atoms with Crippen LogP contribution in [-0.4, -0.2) is 48.4 Å². The van der Waals surface area contributed by atoms with Gasteiger partial charge in [0.15, 0.2) is 22.3 Å². The van der Waals surface area contributed by atoms with Crippen LogP contribution in [0.1, 0.15) is 25.7 Å². The highest BCUT2D eigenvalue weighted by atomic mass is 16.4. The number of imidazole rings is 2. The summed E-state index contributed by atoms with van der Waals surface area (Å²) in [7, 11) is 4.70. The molecule has 4 rings (SSSR count). The molecule has 0 aliphatic rings. The Morgan fingerprint density at radius 2 is 1.31 bits per heavy atom. The van der Waals surface area contributed by atoms with Crippen molar-refractivity contribution >= 4 is 28.3 Å². The molecule has 0 spiro atoms. The second-order valence-electron chi connectivity index (χ2n) is 8.44. The number of hydrogen-bond acceptors (Lipinski definition) is 7. The minimum absolute atomic E-state index is 0.00864. The smallest absolute Gasteiger partial charge is 0.332 e. The molecule has 14 heteroatoms. The summed E-state index contributed by atoms with van der Waals surface area (Å²) in [5, 5.41) is 8.80. The van der Waals surface area contributed by atoms with Crippen LogP contribution in [0.4, 0.5) is 0 Å². The summed E-state index contributed by atoms with van der Waals surface area (Å²) >= 11 is 0. The molecular weight excluding hydrogens is 460 g/mol. The third-order valence-corrected chi connectivity index (χ3v) is 6.11. The van der Waals surface area contributed by atoms with Crippen LogP contribution in [0, 0.1) is 0 Å². The molecule has 4 heterocycles. The van der Waals surface area contributed by atoms with Gasteiger partial charge in [-0.15, -0.1) is 0 Å². The second-order valence-corrected chi connectivity index (χ2v) is 8.44. The molecule has 1 N–H and O–H groups in total. The lowest BCUT2D eigenvalue weighted by atomic mass is 10.2. The Morgan fingerprint density at radius 3 is 1.91 bits per heavy atom. The SMILES string of the molecule is Cn1cnc2c1c(=O)n(CCCn1c(=O)c3c(ncn3CCCCC(=O)O)n(C)c1=O)c(=O)n2C. The average molecular weight is 486 g/mol. The van der Waals surface area contributed by atoms with Gasteiger partial charge in [-0.2, -0.15) is 0 Å². The molecule has 0 aromatic carbocycles. The van der Waals surface area contributed by atoms with Crippen molar-refractivity contribution in [1.29, 1.82) is 0 Å². The summed E-state index contributed by atoms with van der Waals surface area (Å²) in [4.78, 5) is 70.6. The van der Waals surface area contributed by atoms with Crippen LogP contribution in [-0.2, 0) is 45.6 Å². The summed E-state index contributed by atoms with van der Waals surface area (Å²) in [6.45, 7) is 0.382. The number of rotatable bonds is 9. The number of carbonyl (C=O) groups is 1. The molecule has 186 valence electrons. The van der Waals surface area contributed by atoms with E-state index in [2.05, 4.69) is 9.97 Å². The number of nitrogens with zero attached hydrogens (tertiary/aromatic N) is 8. The lowest BCUT2D eigenvalue weighted by molar-refractivity contribution is -0.137. The average Bonchev–Trinajstić information content (AvgIpc) is 3.42. The fraction of sp³-hybridized carbons (Fsp3) is 0.476. The normalized spacial score (nSPS) is 11.6. The maximum absolute atomic E-state index is 13.2. The Balaban J connectivity index is 1.62. The Labute approximate surface area is 196 Å². The highest BCUT2D eigenvalue weighted by Gasteiger charge is 2.18. The molecule has 0 radical (unpaired) electrons. The van der Waals surface area contributed by atoms with Gasteiger partial charge in [0.25, 0.3) is 11.1 Å². The molecule has 4 aromatic heterocycles. The number of aliphatic carboxylic acids is 1. The van der Waals surface area contributed by atoms with Crippen molar-refractivity contribution in [2.24, 2.45) is 21.1 Å². The topological polar surface area (TPSA) is 161 Å². The fourth-order valence-corrected chi connectivity index (χ4v) is 4.23. The van der Waals surface area contributed by atoms with Crippen LogP contribution in [0.3, 0.4) is 0 Å². The van der Waals surface area contributed by atoms with Gasteiger partial charge in [0.2, 0.25) is 0 Å². The molecule has 0 saturated heterocycles. The summed E-state index contributed by atoms with van der Waals surface area (Å²) in [5.74, 6) is -0.887. The number of carboxylic acids is 1. The molecule has 0 aliphatic carbocycles. The zero-order valence-electron chi connectivity index (χ0n) is 19.7. The van der Waals surface area contributed by atoms with Gasteiger partial charge in [-0.05, 0) is 19.3 Å². The van der Waals surface area contributed by atoms with E-state index in [0.717, 1.165) is 9.13 Å². The van der Waals surface area contributed by atoms with Crippen molar-refractivity contribution in [3.63, 3.8) is 0 Å². The van der Waals surface area contributed by atoms with Crippen LogP contribution in [0.5, 0.6) is 0 Å². The van der Waals surface area contributed by atoms with E-state index in [1.807, 2.05) is 0 Å². The van der Waals surface area contributed by atoms with E-state index in [9.17, 15) is 24.0 Å². The van der Waals surface area contributed by atoms with Crippen LogP contribution in [0.2, 0.25) is 0 Å². The Morgan fingerprint density at radius 1 is 0.771 bits per heavy atom. The van der Waals surface area contributed by atoms with Gasteiger partial charge in [-0.3, -0.25) is 32.7 Å². The van der Waals surface area contributed by atoms with Gasteiger partial charge >= 0.3 is 17.3 Å². The van der Waals surface area contributed by atoms with Gasteiger partial charge in [0.1, 0.15) is 0 Å². The van der Waals surface area contributed by atoms with E-state index in [1.165, 1.54) is 35.9 Å². The summed E-state index contributed by atoms with van der Waals surface area (Å²) < 4.78 is 7.86. The first-order valence-corrected chi connectivity index (χ1v) is 11.1. The quantitative estimate of drug-likeness (QED) is 0.294. The summed E-state index contributed by atoms with van der Waals surface area (Å²) in [5.41, 5.74) is -1.05. The number of unbranched alkanes of at least 4 members (excludes halogenated alkanes) is 1. The molecule has 0 atom stereocenters. The summed E-state index contributed by atoms with van der Waals surface area (Å²) in [6.07, 6.45) is 4.11. The van der Waals surface area contributed by atoms with E-state index < -0.39 is 28.5 Å². The fourth-order valence-electron chi connectivity index (χ4n) is 4.23. The largest absolute Gasteiger partial charge is 0.481 e. The Bertz CT molecular complexity index is 1680. The maximum atomic E-state index is 13.2. The van der Waals surface area contributed by atoms with Crippen molar-refractivity contribution in [1.82, 2.24) is 37.4 Å². The molecule has 0 unspecified atom stereocenters. The Kier molecular flexibility index (Phi) is 6.28. The van der Waals surface area contributed by atoms with Crippen molar-refractivity contribution < 1.29 is 9.90 Å². The first-order chi connectivity index (χ1) is 16.6. The van der Waals surface area contributed by atoms with Crippen LogP contribution >= 0.6 is 0 Å². The predicted molar refractivity (Wildman–Crippen MR) is 126 cm³/mol. The van der Waals surface area contributed by atoms with Crippen molar-refractivity contribution in [2.45, 2.75) is 45.3 Å². The molecule has 0 fully saturated rings. The third kappa shape index (κ3) is 4.11. The molecule has 0 amide bonds. The minimum atomic E-state index is -0.887. The van der Waals surface area contributed by atoms with E-state index in [-0.39, 0.29) is 48.3 Å². The lowest BCUT2D eigenvalue weighted by Crippen LogP contribution is -2.42. The maximum Gasteiger partial charge on any atom is 0.332 e. The first kappa shape index (κ1) is 23.9. The molecule has 0 saturated carbocycles. The zero-order chi connectivity index (χ0) is 25.4. The molecule has 0 bridgehead atoms. The van der Waals surface area contributed by atoms with Crippen molar-refractivity contribution in [3.8, 4) is 0 Å². The monoisotopic (exact) mass is 486 g/mol. The molecular formula is C21H26N8O6. The number of carboxylic acid groups (broad SMARTS) is 1. The third-order valence-electron chi connectivity index (χ3n) is 6.11. The van der Waals surface area contributed by atoms with Crippen LogP contribution in [0.25, 0.3) is 22.3 Å². The number of hydrogen-bond donors (Lipinski definition) is 1. The predicted octanol–water partition coefficient (Wildman–Crippen LogP) is -1.01. The highest BCUT2D eigenvalue weighted by molar-refractivity contribution is 5.70. The number of aryl methyl sites for hydroxylation is 4. The Hall–Kier alpha value is -4.23. The highest BCUT2D eigenvalue weighted by Crippen LogP contribution is 2.09. The summed E-state index contributed by atoms with van der Waals surface area (Å²) in [6, 6.07) is 0. The second kappa shape index (κ2) is 9.19. The number of fused-ring (bicyclic) bond motifs is 2. The zero-order valence-corrected chi connectivity index (χ0v) is 19.7. The van der Waals surface area contributed by atoms with E-state index in [1.54, 1.807) is 16.2 Å². The van der Waals surface area contributed by atoms with E-state index in [0.29, 0.717) is 19.4 Å². The molecule has 14 nitrogen and oxygen atoms in total. The van der Waals surface area contributed by atoms with Crippen LogP contribution in [0.15, 0.2) is 31.8 Å².